The van der Waals surface area contributed by atoms with Crippen molar-refractivity contribution in [3.63, 3.8) is 0 Å². The third-order valence-electron chi connectivity index (χ3n) is 3.67. The fourth-order valence-corrected chi connectivity index (χ4v) is 2.37. The van der Waals surface area contributed by atoms with Gasteiger partial charge < -0.3 is 14.4 Å². The molecule has 1 amide bonds. The molecule has 106 valence electrons. The second-order valence-corrected chi connectivity index (χ2v) is 4.96. The molecule has 6 heteroatoms. The van der Waals surface area contributed by atoms with Crippen molar-refractivity contribution in [1.82, 2.24) is 9.80 Å². The van der Waals surface area contributed by atoms with Gasteiger partial charge in [-0.3, -0.25) is 4.90 Å². The molecule has 6 nitrogen and oxygen atoms in total. The number of piperidine rings is 1. The number of hydrogen-bond acceptors (Lipinski definition) is 5. The number of nitriles is 1. The van der Waals surface area contributed by atoms with Crippen LogP contribution in [-0.2, 0) is 9.47 Å². The zero-order valence-electron chi connectivity index (χ0n) is 11.2. The average molecular weight is 267 g/mol. The van der Waals surface area contributed by atoms with Gasteiger partial charge in [0.15, 0.2) is 0 Å². The third-order valence-corrected chi connectivity index (χ3v) is 3.67. The van der Waals surface area contributed by atoms with Crippen LogP contribution in [0.5, 0.6) is 0 Å². The molecule has 19 heavy (non-hydrogen) atoms. The van der Waals surface area contributed by atoms with Gasteiger partial charge >= 0.3 is 6.09 Å². The van der Waals surface area contributed by atoms with Crippen molar-refractivity contribution in [3.05, 3.63) is 0 Å². The molecule has 0 aliphatic carbocycles. The summed E-state index contributed by atoms with van der Waals surface area (Å²) in [6, 6.07) is 2.25. The highest BCUT2D eigenvalue weighted by Crippen LogP contribution is 2.16. The molecule has 0 aromatic carbocycles. The summed E-state index contributed by atoms with van der Waals surface area (Å²) in [6.07, 6.45) is 1.27. The van der Waals surface area contributed by atoms with Gasteiger partial charge in [0.05, 0.1) is 19.3 Å². The molecule has 2 rings (SSSR count). The van der Waals surface area contributed by atoms with Gasteiger partial charge in [-0.25, -0.2) is 4.79 Å². The van der Waals surface area contributed by atoms with E-state index in [1.807, 2.05) is 0 Å². The lowest BCUT2D eigenvalue weighted by Crippen LogP contribution is -2.41. The molecule has 0 N–H and O–H groups in total. The Morgan fingerprint density at radius 2 is 1.95 bits per heavy atom. The summed E-state index contributed by atoms with van der Waals surface area (Å²) in [7, 11) is 0. The Morgan fingerprint density at radius 1 is 1.26 bits per heavy atom. The van der Waals surface area contributed by atoms with Crippen LogP contribution in [0.3, 0.4) is 0 Å². The molecule has 0 spiro atoms. The molecule has 0 unspecified atom stereocenters. The van der Waals surface area contributed by atoms with E-state index in [2.05, 4.69) is 11.0 Å². The Bertz CT molecular complexity index is 329. The number of amides is 1. The van der Waals surface area contributed by atoms with Gasteiger partial charge in [0, 0.05) is 38.6 Å². The quantitative estimate of drug-likeness (QED) is 0.752. The van der Waals surface area contributed by atoms with Crippen LogP contribution in [0, 0.1) is 17.2 Å². The van der Waals surface area contributed by atoms with Crippen molar-refractivity contribution < 1.29 is 14.3 Å². The van der Waals surface area contributed by atoms with Gasteiger partial charge in [0.25, 0.3) is 0 Å². The lowest BCUT2D eigenvalue weighted by Gasteiger charge is -2.29. The maximum Gasteiger partial charge on any atom is 0.409 e. The maximum atomic E-state index is 11.8. The molecule has 0 radical (unpaired) electrons. The fourth-order valence-electron chi connectivity index (χ4n) is 2.37. The minimum Gasteiger partial charge on any atom is -0.448 e. The molecule has 2 aliphatic rings. The molecule has 2 fully saturated rings. The molecule has 2 heterocycles. The number of nitrogens with zero attached hydrogens (tertiary/aromatic N) is 3. The molecule has 2 saturated heterocycles. The first-order valence-electron chi connectivity index (χ1n) is 6.91. The number of rotatable bonds is 3. The van der Waals surface area contributed by atoms with E-state index in [0.29, 0.717) is 19.7 Å². The van der Waals surface area contributed by atoms with Crippen LogP contribution >= 0.6 is 0 Å². The van der Waals surface area contributed by atoms with E-state index in [0.717, 1.165) is 45.7 Å². The van der Waals surface area contributed by atoms with Crippen molar-refractivity contribution in [3.8, 4) is 6.07 Å². The molecular weight excluding hydrogens is 246 g/mol. The van der Waals surface area contributed by atoms with Crippen LogP contribution in [0.2, 0.25) is 0 Å². The largest absolute Gasteiger partial charge is 0.448 e. The van der Waals surface area contributed by atoms with Crippen LogP contribution in [0.4, 0.5) is 4.79 Å². The highest BCUT2D eigenvalue weighted by molar-refractivity contribution is 5.67. The monoisotopic (exact) mass is 267 g/mol. The number of carbonyl (C=O) groups is 1. The van der Waals surface area contributed by atoms with Crippen molar-refractivity contribution in [1.29, 1.82) is 5.26 Å². The summed E-state index contributed by atoms with van der Waals surface area (Å²) in [5, 5.41) is 8.80. The summed E-state index contributed by atoms with van der Waals surface area (Å²) in [5.74, 6) is 0.0948. The second-order valence-electron chi connectivity index (χ2n) is 4.96. The SMILES string of the molecule is N#CC1CCN(C(=O)OCCN2CCOCC2)CC1. The van der Waals surface area contributed by atoms with Gasteiger partial charge in [-0.05, 0) is 12.8 Å². The molecule has 0 aromatic rings. The van der Waals surface area contributed by atoms with Crippen molar-refractivity contribution in [2.45, 2.75) is 12.8 Å². The fraction of sp³-hybridized carbons (Fsp3) is 0.846. The molecule has 2 aliphatic heterocycles. The third kappa shape index (κ3) is 4.37. The summed E-state index contributed by atoms with van der Waals surface area (Å²) in [4.78, 5) is 15.7. The minimum absolute atomic E-state index is 0.0948. The summed E-state index contributed by atoms with van der Waals surface area (Å²) >= 11 is 0. The predicted molar refractivity (Wildman–Crippen MR) is 68.5 cm³/mol. The van der Waals surface area contributed by atoms with E-state index in [4.69, 9.17) is 14.7 Å². The summed E-state index contributed by atoms with van der Waals surface area (Å²) in [6.45, 7) is 5.80. The van der Waals surface area contributed by atoms with Gasteiger partial charge in [-0.1, -0.05) is 0 Å². The van der Waals surface area contributed by atoms with Crippen molar-refractivity contribution in [2.24, 2.45) is 5.92 Å². The van der Waals surface area contributed by atoms with E-state index in [9.17, 15) is 4.79 Å². The second kappa shape index (κ2) is 7.31. The predicted octanol–water partition coefficient (Wildman–Crippen LogP) is 0.691. The Morgan fingerprint density at radius 3 is 2.58 bits per heavy atom. The summed E-state index contributed by atoms with van der Waals surface area (Å²) < 4.78 is 10.5. The topological polar surface area (TPSA) is 65.8 Å². The first kappa shape index (κ1) is 14.1. The van der Waals surface area contributed by atoms with E-state index >= 15 is 0 Å². The Hall–Kier alpha value is -1.32. The minimum atomic E-state index is -0.246. The van der Waals surface area contributed by atoms with Crippen LogP contribution < -0.4 is 0 Å². The van der Waals surface area contributed by atoms with Crippen molar-refractivity contribution in [2.75, 3.05) is 52.5 Å². The summed E-state index contributed by atoms with van der Waals surface area (Å²) in [5.41, 5.74) is 0. The van der Waals surface area contributed by atoms with Gasteiger partial charge in [-0.2, -0.15) is 5.26 Å². The highest BCUT2D eigenvalue weighted by Gasteiger charge is 2.23. The molecule has 0 saturated carbocycles. The lowest BCUT2D eigenvalue weighted by molar-refractivity contribution is 0.0238. The number of hydrogen-bond donors (Lipinski definition) is 0. The van der Waals surface area contributed by atoms with E-state index in [1.165, 1.54) is 0 Å². The van der Waals surface area contributed by atoms with E-state index in [-0.39, 0.29) is 12.0 Å². The van der Waals surface area contributed by atoms with E-state index < -0.39 is 0 Å². The van der Waals surface area contributed by atoms with E-state index in [1.54, 1.807) is 4.90 Å². The number of morpholine rings is 1. The van der Waals surface area contributed by atoms with Crippen LogP contribution in [0.1, 0.15) is 12.8 Å². The first-order chi connectivity index (χ1) is 9.29. The Labute approximate surface area is 113 Å². The first-order valence-corrected chi connectivity index (χ1v) is 6.91. The smallest absolute Gasteiger partial charge is 0.409 e. The van der Waals surface area contributed by atoms with Crippen LogP contribution in [-0.4, -0.2) is 68.4 Å². The van der Waals surface area contributed by atoms with Gasteiger partial charge in [0.2, 0.25) is 0 Å². The van der Waals surface area contributed by atoms with Crippen LogP contribution in [0.25, 0.3) is 0 Å². The molecule has 0 aromatic heterocycles. The normalized spacial score (nSPS) is 21.9. The zero-order chi connectivity index (χ0) is 13.5. The zero-order valence-corrected chi connectivity index (χ0v) is 11.2. The highest BCUT2D eigenvalue weighted by atomic mass is 16.6. The molecule has 0 bridgehead atoms. The van der Waals surface area contributed by atoms with Gasteiger partial charge in [-0.15, -0.1) is 0 Å². The number of ether oxygens (including phenoxy) is 2. The Balaban J connectivity index is 1.60. The average Bonchev–Trinajstić information content (AvgIpc) is 2.48. The number of carbonyl (C=O) groups excluding carboxylic acids is 1. The molecule has 0 atom stereocenters. The number of likely N-dealkylation sites (tertiary alicyclic amines) is 1. The van der Waals surface area contributed by atoms with Crippen molar-refractivity contribution >= 4 is 6.09 Å². The molecular formula is C13H21N3O3. The lowest BCUT2D eigenvalue weighted by atomic mass is 9.99. The Kier molecular flexibility index (Phi) is 5.43. The van der Waals surface area contributed by atoms with Gasteiger partial charge in [0.1, 0.15) is 6.61 Å². The maximum absolute atomic E-state index is 11.8. The standard InChI is InChI=1S/C13H21N3O3/c14-11-12-1-3-16(4-2-12)13(17)19-10-7-15-5-8-18-9-6-15/h12H,1-10H2. The van der Waals surface area contributed by atoms with Crippen LogP contribution in [0.15, 0.2) is 0 Å².